The van der Waals surface area contributed by atoms with Gasteiger partial charge in [-0.2, -0.15) is 0 Å². The molecule has 1 aliphatic carbocycles. The topological polar surface area (TPSA) is 0 Å². The van der Waals surface area contributed by atoms with E-state index in [9.17, 15) is 0 Å². The van der Waals surface area contributed by atoms with Gasteiger partial charge in [-0.1, -0.05) is 48.6 Å². The Morgan fingerprint density at radius 3 is 2.65 bits per heavy atom. The quantitative estimate of drug-likeness (QED) is 0.692. The molecule has 0 amide bonds. The van der Waals surface area contributed by atoms with Crippen molar-refractivity contribution in [2.75, 3.05) is 0 Å². The molecule has 0 heterocycles. The maximum Gasteiger partial charge on any atom is 0.0286 e. The molecule has 0 unspecified atom stereocenters. The highest BCUT2D eigenvalue weighted by Gasteiger charge is 2.16. The lowest BCUT2D eigenvalue weighted by Gasteiger charge is -2.14. The van der Waals surface area contributed by atoms with Gasteiger partial charge in [0.1, 0.15) is 0 Å². The van der Waals surface area contributed by atoms with Gasteiger partial charge in [-0.25, -0.2) is 0 Å². The monoisotopic (exact) mass is 284 g/mol. The van der Waals surface area contributed by atoms with E-state index in [0.29, 0.717) is 0 Å². The molecule has 0 N–H and O–H groups in total. The molecule has 0 saturated carbocycles. The van der Waals surface area contributed by atoms with Crippen molar-refractivity contribution in [3.63, 3.8) is 0 Å². The van der Waals surface area contributed by atoms with Crippen molar-refractivity contribution < 1.29 is 0 Å². The average Bonchev–Trinajstić information content (AvgIpc) is 2.79. The van der Waals surface area contributed by atoms with Crippen molar-refractivity contribution in [2.45, 2.75) is 13.3 Å². The molecule has 0 radical (unpaired) electrons. The number of fused-ring (bicyclic) bond motifs is 1. The fourth-order valence-corrected chi connectivity index (χ4v) is 3.02. The number of allylic oxidation sites excluding steroid dienone is 1. The predicted octanol–water partition coefficient (Wildman–Crippen LogP) is 4.99. The number of halogens is 1. The molecule has 0 bridgehead atoms. The van der Waals surface area contributed by atoms with E-state index >= 15 is 0 Å². The van der Waals surface area contributed by atoms with Crippen molar-refractivity contribution in [3.05, 3.63) is 63.6 Å². The molecular formula is C16H13Br. The Hall–Kier alpha value is -1.34. The van der Waals surface area contributed by atoms with Crippen LogP contribution in [0.25, 0.3) is 17.2 Å². The van der Waals surface area contributed by atoms with Gasteiger partial charge in [0.25, 0.3) is 0 Å². The van der Waals surface area contributed by atoms with Gasteiger partial charge in [0.2, 0.25) is 0 Å². The van der Waals surface area contributed by atoms with Gasteiger partial charge in [-0.3, -0.25) is 0 Å². The second-order valence-electron chi connectivity index (χ2n) is 4.42. The first-order chi connectivity index (χ1) is 8.27. The van der Waals surface area contributed by atoms with Crippen molar-refractivity contribution in [1.29, 1.82) is 0 Å². The molecular weight excluding hydrogens is 272 g/mol. The van der Waals surface area contributed by atoms with E-state index in [1.807, 2.05) is 0 Å². The van der Waals surface area contributed by atoms with Crippen LogP contribution in [0.1, 0.15) is 16.7 Å². The van der Waals surface area contributed by atoms with Crippen molar-refractivity contribution in [1.82, 2.24) is 0 Å². The molecule has 2 aromatic carbocycles. The minimum Gasteiger partial charge on any atom is -0.0795 e. The summed E-state index contributed by atoms with van der Waals surface area (Å²) in [4.78, 5) is 0. The summed E-state index contributed by atoms with van der Waals surface area (Å²) in [6, 6.07) is 12.9. The summed E-state index contributed by atoms with van der Waals surface area (Å²) in [6.45, 7) is 2.16. The number of aryl methyl sites for hydroxylation is 1. The Labute approximate surface area is 110 Å². The van der Waals surface area contributed by atoms with Gasteiger partial charge in [-0.15, -0.1) is 0 Å². The molecule has 3 rings (SSSR count). The van der Waals surface area contributed by atoms with Gasteiger partial charge in [0.15, 0.2) is 0 Å². The van der Waals surface area contributed by atoms with Crippen molar-refractivity contribution in [3.8, 4) is 11.1 Å². The second-order valence-corrected chi connectivity index (χ2v) is 5.22. The number of hydrogen-bond acceptors (Lipinski definition) is 0. The summed E-state index contributed by atoms with van der Waals surface area (Å²) in [6.07, 6.45) is 5.50. The molecule has 0 spiro atoms. The van der Waals surface area contributed by atoms with Crippen molar-refractivity contribution in [2.24, 2.45) is 0 Å². The van der Waals surface area contributed by atoms with Crippen LogP contribution in [0.15, 0.2) is 46.9 Å². The molecule has 1 aliphatic rings. The van der Waals surface area contributed by atoms with Crippen LogP contribution in [-0.2, 0) is 6.42 Å². The molecule has 0 fully saturated rings. The van der Waals surface area contributed by atoms with Crippen molar-refractivity contribution >= 4 is 22.0 Å². The summed E-state index contributed by atoms with van der Waals surface area (Å²) in [7, 11) is 0. The standard InChI is InChI=1S/C16H13Br/c1-11-10-13-8-5-9-14(13)15(16(11)17)12-6-3-2-4-7-12/h2-8,10H,9H2,1H3. The fraction of sp³-hybridized carbons (Fsp3) is 0.125. The van der Waals surface area contributed by atoms with Crippen LogP contribution >= 0.6 is 15.9 Å². The van der Waals surface area contributed by atoms with Gasteiger partial charge in [-0.05, 0) is 51.5 Å². The van der Waals surface area contributed by atoms with E-state index in [-0.39, 0.29) is 0 Å². The van der Waals surface area contributed by atoms with Gasteiger partial charge in [0, 0.05) is 10.0 Å². The highest BCUT2D eigenvalue weighted by molar-refractivity contribution is 9.10. The van der Waals surface area contributed by atoms with Crippen LogP contribution in [0.2, 0.25) is 0 Å². The zero-order chi connectivity index (χ0) is 11.8. The maximum atomic E-state index is 3.74. The van der Waals surface area contributed by atoms with E-state index in [0.717, 1.165) is 6.42 Å². The minimum atomic E-state index is 1.04. The number of benzene rings is 2. The molecule has 0 nitrogen and oxygen atoms in total. The fourth-order valence-electron chi connectivity index (χ4n) is 2.44. The molecule has 17 heavy (non-hydrogen) atoms. The van der Waals surface area contributed by atoms with Crippen LogP contribution in [0.4, 0.5) is 0 Å². The Morgan fingerprint density at radius 2 is 1.88 bits per heavy atom. The SMILES string of the molecule is Cc1cc2c(c(-c3ccccc3)c1Br)CC=C2. The van der Waals surface area contributed by atoms with E-state index in [1.165, 1.54) is 32.3 Å². The van der Waals surface area contributed by atoms with Crippen LogP contribution in [-0.4, -0.2) is 0 Å². The number of rotatable bonds is 1. The lowest BCUT2D eigenvalue weighted by atomic mass is 9.94. The molecule has 1 heteroatoms. The first kappa shape index (κ1) is 10.8. The summed E-state index contributed by atoms with van der Waals surface area (Å²) in [5.41, 5.74) is 6.75. The Balaban J connectivity index is 2.31. The Morgan fingerprint density at radius 1 is 1.12 bits per heavy atom. The second kappa shape index (κ2) is 4.15. The first-order valence-corrected chi connectivity index (χ1v) is 6.60. The molecule has 2 aromatic rings. The highest BCUT2D eigenvalue weighted by Crippen LogP contribution is 2.39. The van der Waals surface area contributed by atoms with E-state index in [2.05, 4.69) is 71.4 Å². The zero-order valence-corrected chi connectivity index (χ0v) is 11.3. The zero-order valence-electron chi connectivity index (χ0n) is 9.70. The summed E-state index contributed by atoms with van der Waals surface area (Å²) in [5.74, 6) is 0. The number of hydrogen-bond donors (Lipinski definition) is 0. The minimum absolute atomic E-state index is 1.04. The predicted molar refractivity (Wildman–Crippen MR) is 77.1 cm³/mol. The summed E-state index contributed by atoms with van der Waals surface area (Å²) >= 11 is 3.74. The lowest BCUT2D eigenvalue weighted by Crippen LogP contribution is -1.93. The normalized spacial score (nSPS) is 12.8. The van der Waals surface area contributed by atoms with E-state index < -0.39 is 0 Å². The van der Waals surface area contributed by atoms with Gasteiger partial charge < -0.3 is 0 Å². The molecule has 0 saturated heterocycles. The molecule has 0 aliphatic heterocycles. The van der Waals surface area contributed by atoms with Crippen LogP contribution in [0.5, 0.6) is 0 Å². The molecule has 0 atom stereocenters. The lowest BCUT2D eigenvalue weighted by molar-refractivity contribution is 1.28. The van der Waals surface area contributed by atoms with Crippen LogP contribution in [0.3, 0.4) is 0 Å². The summed E-state index contributed by atoms with van der Waals surface area (Å²) in [5, 5.41) is 0. The third-order valence-corrected chi connectivity index (χ3v) is 4.29. The maximum absolute atomic E-state index is 3.74. The third-order valence-electron chi connectivity index (χ3n) is 3.27. The summed E-state index contributed by atoms with van der Waals surface area (Å²) < 4.78 is 1.23. The van der Waals surface area contributed by atoms with Gasteiger partial charge >= 0.3 is 0 Å². The average molecular weight is 285 g/mol. The first-order valence-electron chi connectivity index (χ1n) is 5.81. The Bertz CT molecular complexity index is 595. The molecule has 84 valence electrons. The smallest absolute Gasteiger partial charge is 0.0286 e. The van der Waals surface area contributed by atoms with Crippen LogP contribution < -0.4 is 0 Å². The van der Waals surface area contributed by atoms with Gasteiger partial charge in [0.05, 0.1) is 0 Å². The van der Waals surface area contributed by atoms with Crippen LogP contribution in [0, 0.1) is 6.92 Å². The van der Waals surface area contributed by atoms with E-state index in [1.54, 1.807) is 0 Å². The molecule has 0 aromatic heterocycles. The van der Waals surface area contributed by atoms with E-state index in [4.69, 9.17) is 0 Å². The third kappa shape index (κ3) is 1.75. The Kier molecular flexibility index (Phi) is 2.64. The highest BCUT2D eigenvalue weighted by atomic mass is 79.9. The largest absolute Gasteiger partial charge is 0.0795 e.